The predicted octanol–water partition coefficient (Wildman–Crippen LogP) is 2.66. The molecule has 0 bridgehead atoms. The van der Waals surface area contributed by atoms with E-state index in [0.717, 1.165) is 5.69 Å². The van der Waals surface area contributed by atoms with E-state index in [0.29, 0.717) is 22.8 Å². The Labute approximate surface area is 140 Å². The van der Waals surface area contributed by atoms with Crippen molar-refractivity contribution in [2.75, 3.05) is 30.4 Å². The summed E-state index contributed by atoms with van der Waals surface area (Å²) in [7, 11) is 1.89. The SMILES string of the molecule is CN(CCO)c1ccc(NC(=O)Cc2ccc(O)cc2Cl)cc1. The van der Waals surface area contributed by atoms with E-state index in [1.54, 1.807) is 18.2 Å². The second-order valence-electron chi connectivity index (χ2n) is 5.19. The van der Waals surface area contributed by atoms with Crippen molar-refractivity contribution in [3.05, 3.63) is 53.1 Å². The second-order valence-corrected chi connectivity index (χ2v) is 5.60. The summed E-state index contributed by atoms with van der Waals surface area (Å²) in [6.07, 6.45) is 0.130. The predicted molar refractivity (Wildman–Crippen MR) is 92.2 cm³/mol. The van der Waals surface area contributed by atoms with Crippen LogP contribution in [0.15, 0.2) is 42.5 Å². The van der Waals surface area contributed by atoms with Crippen LogP contribution in [0, 0.1) is 0 Å². The molecule has 1 amide bonds. The van der Waals surface area contributed by atoms with Gasteiger partial charge in [0.15, 0.2) is 0 Å². The van der Waals surface area contributed by atoms with E-state index in [1.807, 2.05) is 24.1 Å². The minimum absolute atomic E-state index is 0.0711. The zero-order valence-electron chi connectivity index (χ0n) is 12.8. The molecule has 0 aliphatic carbocycles. The Morgan fingerprint density at radius 3 is 2.52 bits per heavy atom. The molecule has 3 N–H and O–H groups in total. The Hall–Kier alpha value is -2.24. The lowest BCUT2D eigenvalue weighted by Crippen LogP contribution is -2.21. The van der Waals surface area contributed by atoms with Crippen LogP contribution in [0.4, 0.5) is 11.4 Å². The van der Waals surface area contributed by atoms with Gasteiger partial charge in [-0.1, -0.05) is 17.7 Å². The van der Waals surface area contributed by atoms with E-state index in [9.17, 15) is 9.90 Å². The lowest BCUT2D eigenvalue weighted by Gasteiger charge is -2.18. The number of amides is 1. The van der Waals surface area contributed by atoms with Crippen molar-refractivity contribution >= 4 is 28.9 Å². The Kier molecular flexibility index (Phi) is 5.84. The van der Waals surface area contributed by atoms with Gasteiger partial charge < -0.3 is 20.4 Å². The van der Waals surface area contributed by atoms with E-state index in [1.165, 1.54) is 12.1 Å². The highest BCUT2D eigenvalue weighted by atomic mass is 35.5. The molecule has 2 rings (SSSR count). The van der Waals surface area contributed by atoms with Crippen LogP contribution in [-0.4, -0.2) is 36.3 Å². The van der Waals surface area contributed by atoms with Gasteiger partial charge in [0.2, 0.25) is 5.91 Å². The van der Waals surface area contributed by atoms with E-state index in [-0.39, 0.29) is 24.7 Å². The van der Waals surface area contributed by atoms with Crippen molar-refractivity contribution in [1.82, 2.24) is 0 Å². The fourth-order valence-corrected chi connectivity index (χ4v) is 2.38. The molecule has 5 nitrogen and oxygen atoms in total. The Morgan fingerprint density at radius 1 is 1.22 bits per heavy atom. The summed E-state index contributed by atoms with van der Waals surface area (Å²) < 4.78 is 0. The molecule has 0 saturated heterocycles. The van der Waals surface area contributed by atoms with Gasteiger partial charge in [0.05, 0.1) is 13.0 Å². The summed E-state index contributed by atoms with van der Waals surface area (Å²) in [6, 6.07) is 11.9. The Balaban J connectivity index is 1.97. The number of hydrogen-bond donors (Lipinski definition) is 3. The summed E-state index contributed by atoms with van der Waals surface area (Å²) in [5.74, 6) is -0.115. The number of aliphatic hydroxyl groups is 1. The van der Waals surface area contributed by atoms with E-state index < -0.39 is 0 Å². The van der Waals surface area contributed by atoms with Crippen molar-refractivity contribution in [2.24, 2.45) is 0 Å². The molecular formula is C17H19ClN2O3. The van der Waals surface area contributed by atoms with Crippen LogP contribution >= 0.6 is 11.6 Å². The summed E-state index contributed by atoms with van der Waals surface area (Å²) in [6.45, 7) is 0.632. The number of aliphatic hydroxyl groups excluding tert-OH is 1. The molecule has 23 heavy (non-hydrogen) atoms. The van der Waals surface area contributed by atoms with Crippen molar-refractivity contribution in [2.45, 2.75) is 6.42 Å². The van der Waals surface area contributed by atoms with Gasteiger partial charge in [-0.15, -0.1) is 0 Å². The number of halogens is 1. The molecule has 0 spiro atoms. The average molecular weight is 335 g/mol. The van der Waals surface area contributed by atoms with Gasteiger partial charge in [0.25, 0.3) is 0 Å². The van der Waals surface area contributed by atoms with Gasteiger partial charge >= 0.3 is 0 Å². The van der Waals surface area contributed by atoms with Crippen LogP contribution in [-0.2, 0) is 11.2 Å². The van der Waals surface area contributed by atoms with Crippen LogP contribution in [0.5, 0.6) is 5.75 Å². The van der Waals surface area contributed by atoms with Crippen LogP contribution in [0.3, 0.4) is 0 Å². The Morgan fingerprint density at radius 2 is 1.91 bits per heavy atom. The number of nitrogens with one attached hydrogen (secondary N) is 1. The van der Waals surface area contributed by atoms with Gasteiger partial charge in [-0.25, -0.2) is 0 Å². The molecule has 2 aromatic carbocycles. The highest BCUT2D eigenvalue weighted by Gasteiger charge is 2.08. The molecule has 0 aromatic heterocycles. The number of carbonyl (C=O) groups is 1. The summed E-state index contributed by atoms with van der Waals surface area (Å²) >= 11 is 6.00. The molecule has 0 fully saturated rings. The summed E-state index contributed by atoms with van der Waals surface area (Å²) in [4.78, 5) is 14.0. The maximum absolute atomic E-state index is 12.1. The molecule has 0 aliphatic heterocycles. The molecule has 6 heteroatoms. The molecule has 2 aromatic rings. The standard InChI is InChI=1S/C17H19ClN2O3/c1-20(8-9-21)14-5-3-13(4-6-14)19-17(23)10-12-2-7-15(22)11-16(12)18/h2-7,11,21-22H,8-10H2,1H3,(H,19,23). The number of anilines is 2. The number of likely N-dealkylation sites (N-methyl/N-ethyl adjacent to an activating group) is 1. The van der Waals surface area contributed by atoms with E-state index in [4.69, 9.17) is 16.7 Å². The number of phenols is 1. The zero-order valence-corrected chi connectivity index (χ0v) is 13.5. The lowest BCUT2D eigenvalue weighted by molar-refractivity contribution is -0.115. The summed E-state index contributed by atoms with van der Waals surface area (Å²) in [5, 5.41) is 21.4. The number of aromatic hydroxyl groups is 1. The van der Waals surface area contributed by atoms with Crippen LogP contribution in [0.25, 0.3) is 0 Å². The number of hydrogen-bond acceptors (Lipinski definition) is 4. The first-order valence-corrected chi connectivity index (χ1v) is 7.56. The highest BCUT2D eigenvalue weighted by Crippen LogP contribution is 2.22. The minimum atomic E-state index is -0.186. The molecule has 0 aliphatic rings. The topological polar surface area (TPSA) is 72.8 Å². The van der Waals surface area contributed by atoms with Crippen molar-refractivity contribution in [3.63, 3.8) is 0 Å². The first-order valence-electron chi connectivity index (χ1n) is 7.19. The third-order valence-corrected chi connectivity index (χ3v) is 3.77. The minimum Gasteiger partial charge on any atom is -0.508 e. The summed E-state index contributed by atoms with van der Waals surface area (Å²) in [5.41, 5.74) is 2.30. The van der Waals surface area contributed by atoms with Crippen molar-refractivity contribution < 1.29 is 15.0 Å². The van der Waals surface area contributed by atoms with Gasteiger partial charge in [0.1, 0.15) is 5.75 Å². The van der Waals surface area contributed by atoms with Gasteiger partial charge in [0, 0.05) is 30.0 Å². The monoisotopic (exact) mass is 334 g/mol. The fourth-order valence-electron chi connectivity index (χ4n) is 2.14. The quantitative estimate of drug-likeness (QED) is 0.759. The number of rotatable bonds is 6. The number of nitrogens with zero attached hydrogens (tertiary/aromatic N) is 1. The average Bonchev–Trinajstić information content (AvgIpc) is 2.51. The van der Waals surface area contributed by atoms with Gasteiger partial charge in [-0.2, -0.15) is 0 Å². The Bertz CT molecular complexity index is 674. The van der Waals surface area contributed by atoms with Crippen LogP contribution < -0.4 is 10.2 Å². The van der Waals surface area contributed by atoms with Gasteiger partial charge in [-0.3, -0.25) is 4.79 Å². The third-order valence-electron chi connectivity index (χ3n) is 3.41. The molecule has 0 radical (unpaired) electrons. The molecule has 0 unspecified atom stereocenters. The molecule has 0 atom stereocenters. The van der Waals surface area contributed by atoms with E-state index in [2.05, 4.69) is 5.32 Å². The number of benzene rings is 2. The van der Waals surface area contributed by atoms with Crippen LogP contribution in [0.2, 0.25) is 5.02 Å². The first kappa shape index (κ1) is 17.1. The number of phenolic OH excluding ortho intramolecular Hbond substituents is 1. The largest absolute Gasteiger partial charge is 0.508 e. The first-order chi connectivity index (χ1) is 11.0. The molecule has 0 heterocycles. The maximum Gasteiger partial charge on any atom is 0.228 e. The van der Waals surface area contributed by atoms with Crippen molar-refractivity contribution in [1.29, 1.82) is 0 Å². The smallest absolute Gasteiger partial charge is 0.228 e. The second kappa shape index (κ2) is 7.85. The van der Waals surface area contributed by atoms with Crippen LogP contribution in [0.1, 0.15) is 5.56 Å². The highest BCUT2D eigenvalue weighted by molar-refractivity contribution is 6.31. The zero-order chi connectivity index (χ0) is 16.8. The third kappa shape index (κ3) is 4.87. The number of carbonyl (C=O) groups excluding carboxylic acids is 1. The maximum atomic E-state index is 12.1. The van der Waals surface area contributed by atoms with Crippen molar-refractivity contribution in [3.8, 4) is 5.75 Å². The fraction of sp³-hybridized carbons (Fsp3) is 0.235. The molecular weight excluding hydrogens is 316 g/mol. The van der Waals surface area contributed by atoms with Gasteiger partial charge in [-0.05, 0) is 42.0 Å². The molecule has 122 valence electrons. The lowest BCUT2D eigenvalue weighted by atomic mass is 10.1. The molecule has 0 saturated carbocycles. The van der Waals surface area contributed by atoms with E-state index >= 15 is 0 Å². The normalized spacial score (nSPS) is 10.4.